The molecule has 1 aliphatic heterocycles. The van der Waals surface area contributed by atoms with E-state index in [9.17, 15) is 9.59 Å². The molecule has 6 heteroatoms. The predicted molar refractivity (Wildman–Crippen MR) is 90.2 cm³/mol. The summed E-state index contributed by atoms with van der Waals surface area (Å²) in [6, 6.07) is 8.79. The van der Waals surface area contributed by atoms with Crippen molar-refractivity contribution in [1.82, 2.24) is 10.4 Å². The van der Waals surface area contributed by atoms with Crippen molar-refractivity contribution < 1.29 is 19.2 Å². The Balaban J connectivity index is 1.98. The van der Waals surface area contributed by atoms with E-state index in [4.69, 9.17) is 9.57 Å². The first-order valence-corrected chi connectivity index (χ1v) is 8.33. The van der Waals surface area contributed by atoms with Gasteiger partial charge in [0.2, 0.25) is 0 Å². The molecule has 1 atom stereocenters. The van der Waals surface area contributed by atoms with Gasteiger partial charge in [-0.3, -0.25) is 4.79 Å². The van der Waals surface area contributed by atoms with E-state index >= 15 is 0 Å². The van der Waals surface area contributed by atoms with E-state index in [1.165, 1.54) is 0 Å². The van der Waals surface area contributed by atoms with Crippen LogP contribution in [0.5, 0.6) is 0 Å². The number of amides is 1. The van der Waals surface area contributed by atoms with Crippen LogP contribution in [0, 0.1) is 0 Å². The number of nitrogens with zero attached hydrogens (tertiary/aromatic N) is 1. The van der Waals surface area contributed by atoms with Gasteiger partial charge in [0.1, 0.15) is 11.6 Å². The van der Waals surface area contributed by atoms with Crippen LogP contribution in [0.25, 0.3) is 0 Å². The highest BCUT2D eigenvalue weighted by atomic mass is 16.7. The second-order valence-electron chi connectivity index (χ2n) is 6.96. The number of carbonyl (C=O) groups excluding carboxylic acids is 2. The molecule has 0 saturated carbocycles. The highest BCUT2D eigenvalue weighted by Crippen LogP contribution is 2.12. The van der Waals surface area contributed by atoms with Gasteiger partial charge < -0.3 is 14.5 Å². The van der Waals surface area contributed by atoms with E-state index in [0.717, 1.165) is 18.4 Å². The van der Waals surface area contributed by atoms with E-state index in [-0.39, 0.29) is 0 Å². The van der Waals surface area contributed by atoms with Crippen LogP contribution in [0.1, 0.15) is 39.2 Å². The maximum Gasteiger partial charge on any atom is 0.428 e. The van der Waals surface area contributed by atoms with Crippen molar-refractivity contribution in [3.05, 3.63) is 35.9 Å². The van der Waals surface area contributed by atoms with Gasteiger partial charge in [0.05, 0.1) is 0 Å². The van der Waals surface area contributed by atoms with Crippen molar-refractivity contribution in [2.24, 2.45) is 0 Å². The molecule has 0 unspecified atom stereocenters. The van der Waals surface area contributed by atoms with Gasteiger partial charge in [-0.15, -0.1) is 5.48 Å². The number of hydrogen-bond donors (Lipinski definition) is 1. The van der Waals surface area contributed by atoms with E-state index in [1.54, 1.807) is 25.7 Å². The molecular weight excluding hydrogens is 308 g/mol. The molecule has 0 bridgehead atoms. The highest BCUT2D eigenvalue weighted by molar-refractivity contribution is 5.77. The Morgan fingerprint density at radius 3 is 2.38 bits per heavy atom. The average Bonchev–Trinajstić information content (AvgIpc) is 3.04. The second-order valence-corrected chi connectivity index (χ2v) is 6.96. The molecule has 1 N–H and O–H groups in total. The van der Waals surface area contributed by atoms with Gasteiger partial charge >= 0.3 is 12.1 Å². The summed E-state index contributed by atoms with van der Waals surface area (Å²) >= 11 is 0. The summed E-state index contributed by atoms with van der Waals surface area (Å²) in [6.45, 7) is 6.80. The molecule has 132 valence electrons. The number of carbonyl (C=O) groups is 2. The third-order valence-corrected chi connectivity index (χ3v) is 3.63. The summed E-state index contributed by atoms with van der Waals surface area (Å²) in [7, 11) is 0. The van der Waals surface area contributed by atoms with Crippen LogP contribution in [0.2, 0.25) is 0 Å². The van der Waals surface area contributed by atoms with Crippen LogP contribution in [-0.4, -0.2) is 41.7 Å². The summed E-state index contributed by atoms with van der Waals surface area (Å²) < 4.78 is 5.42. The van der Waals surface area contributed by atoms with Gasteiger partial charge in [0.15, 0.2) is 0 Å². The zero-order chi connectivity index (χ0) is 17.6. The van der Waals surface area contributed by atoms with E-state index in [1.807, 2.05) is 30.3 Å². The number of esters is 1. The minimum Gasteiger partial charge on any atom is -0.459 e. The Hall–Kier alpha value is -2.08. The SMILES string of the molecule is CC(C)(C)OC(=O)[C@H](Cc1ccccc1)NOC(=O)N1CCCC1. The minimum atomic E-state index is -0.752. The van der Waals surface area contributed by atoms with Crippen LogP contribution in [0.15, 0.2) is 30.3 Å². The van der Waals surface area contributed by atoms with Crippen LogP contribution >= 0.6 is 0 Å². The zero-order valence-electron chi connectivity index (χ0n) is 14.6. The Kier molecular flexibility index (Phi) is 6.20. The second kappa shape index (κ2) is 8.15. The predicted octanol–water partition coefficient (Wildman–Crippen LogP) is 2.68. The minimum absolute atomic E-state index is 0.378. The van der Waals surface area contributed by atoms with Crippen molar-refractivity contribution in [3.8, 4) is 0 Å². The third kappa shape index (κ3) is 5.85. The topological polar surface area (TPSA) is 67.9 Å². The molecular formula is C18H26N2O4. The fraction of sp³-hybridized carbons (Fsp3) is 0.556. The number of hydroxylamine groups is 1. The molecule has 1 saturated heterocycles. The summed E-state index contributed by atoms with van der Waals surface area (Å²) in [5, 5.41) is 0. The molecule has 1 heterocycles. The van der Waals surface area contributed by atoms with E-state index in [2.05, 4.69) is 5.48 Å². The quantitative estimate of drug-likeness (QED) is 0.662. The van der Waals surface area contributed by atoms with Gasteiger partial charge in [-0.25, -0.2) is 4.79 Å². The fourth-order valence-corrected chi connectivity index (χ4v) is 2.48. The summed E-state index contributed by atoms with van der Waals surface area (Å²) in [4.78, 5) is 31.2. The van der Waals surface area contributed by atoms with Gasteiger partial charge in [-0.05, 0) is 39.2 Å². The first kappa shape index (κ1) is 18.3. The first-order chi connectivity index (χ1) is 11.3. The summed E-state index contributed by atoms with van der Waals surface area (Å²) in [5.41, 5.74) is 2.95. The lowest BCUT2D eigenvalue weighted by molar-refractivity contribution is -0.160. The number of benzene rings is 1. The van der Waals surface area contributed by atoms with Crippen LogP contribution in [-0.2, 0) is 20.8 Å². The smallest absolute Gasteiger partial charge is 0.428 e. The summed E-state index contributed by atoms with van der Waals surface area (Å²) in [6.07, 6.45) is 1.89. The van der Waals surface area contributed by atoms with Crippen molar-refractivity contribution >= 4 is 12.1 Å². The van der Waals surface area contributed by atoms with Crippen molar-refractivity contribution in [2.75, 3.05) is 13.1 Å². The standard InChI is InChI=1S/C18H26N2O4/c1-18(2,3)23-16(21)15(13-14-9-5-4-6-10-14)19-24-17(22)20-11-7-8-12-20/h4-6,9-10,15,19H,7-8,11-13H2,1-3H3/t15-/m0/s1. The lowest BCUT2D eigenvalue weighted by Gasteiger charge is -2.25. The molecule has 1 aromatic carbocycles. The molecule has 24 heavy (non-hydrogen) atoms. The van der Waals surface area contributed by atoms with Gasteiger partial charge in [0.25, 0.3) is 0 Å². The van der Waals surface area contributed by atoms with Crippen LogP contribution < -0.4 is 5.48 Å². The molecule has 1 aromatic rings. The van der Waals surface area contributed by atoms with Crippen molar-refractivity contribution in [2.45, 2.75) is 51.7 Å². The number of ether oxygens (including phenoxy) is 1. The Morgan fingerprint density at radius 2 is 1.79 bits per heavy atom. The molecule has 0 aromatic heterocycles. The van der Waals surface area contributed by atoms with E-state index in [0.29, 0.717) is 19.5 Å². The lowest BCUT2D eigenvalue weighted by Crippen LogP contribution is -2.45. The summed E-state index contributed by atoms with van der Waals surface area (Å²) in [5.74, 6) is -0.444. The average molecular weight is 334 g/mol. The number of nitrogens with one attached hydrogen (secondary N) is 1. The van der Waals surface area contributed by atoms with Gasteiger partial charge in [0, 0.05) is 19.5 Å². The Labute approximate surface area is 143 Å². The van der Waals surface area contributed by atoms with Crippen molar-refractivity contribution in [3.63, 3.8) is 0 Å². The first-order valence-electron chi connectivity index (χ1n) is 8.33. The van der Waals surface area contributed by atoms with Crippen molar-refractivity contribution in [1.29, 1.82) is 0 Å². The largest absolute Gasteiger partial charge is 0.459 e. The Bertz CT molecular complexity index is 548. The number of hydrogen-bond acceptors (Lipinski definition) is 5. The van der Waals surface area contributed by atoms with Gasteiger partial charge in [-0.1, -0.05) is 30.3 Å². The third-order valence-electron chi connectivity index (χ3n) is 3.63. The molecule has 0 aliphatic carbocycles. The van der Waals surface area contributed by atoms with Crippen LogP contribution in [0.4, 0.5) is 4.79 Å². The van der Waals surface area contributed by atoms with Gasteiger partial charge in [-0.2, -0.15) is 0 Å². The lowest BCUT2D eigenvalue weighted by atomic mass is 10.1. The maximum absolute atomic E-state index is 12.4. The molecule has 1 amide bonds. The van der Waals surface area contributed by atoms with E-state index < -0.39 is 23.7 Å². The monoisotopic (exact) mass is 334 g/mol. The molecule has 1 aliphatic rings. The zero-order valence-corrected chi connectivity index (χ0v) is 14.6. The maximum atomic E-state index is 12.4. The molecule has 6 nitrogen and oxygen atoms in total. The molecule has 0 radical (unpaired) electrons. The molecule has 1 fully saturated rings. The normalized spacial score (nSPS) is 15.9. The highest BCUT2D eigenvalue weighted by Gasteiger charge is 2.28. The Morgan fingerprint density at radius 1 is 1.17 bits per heavy atom. The number of rotatable bonds is 5. The number of likely N-dealkylation sites (tertiary alicyclic amines) is 1. The van der Waals surface area contributed by atoms with Crippen LogP contribution in [0.3, 0.4) is 0 Å². The molecule has 0 spiro atoms. The molecule has 2 rings (SSSR count). The fourth-order valence-electron chi connectivity index (χ4n) is 2.48.